The molecule has 0 amide bonds. The van der Waals surface area contributed by atoms with Crippen molar-refractivity contribution >= 4 is 11.8 Å². The molecule has 2 N–H and O–H groups in total. The zero-order valence-electron chi connectivity index (χ0n) is 8.95. The van der Waals surface area contributed by atoms with Gasteiger partial charge in [-0.05, 0) is 38.0 Å². The van der Waals surface area contributed by atoms with E-state index in [0.29, 0.717) is 0 Å². The van der Waals surface area contributed by atoms with Crippen molar-refractivity contribution in [2.24, 2.45) is 5.73 Å². The highest BCUT2D eigenvalue weighted by Gasteiger charge is 2.18. The Balaban J connectivity index is 1.83. The first kappa shape index (κ1) is 11.0. The molecule has 1 fully saturated rings. The highest BCUT2D eigenvalue weighted by molar-refractivity contribution is 8.00. The normalized spacial score (nSPS) is 21.0. The van der Waals surface area contributed by atoms with Crippen LogP contribution in [0.25, 0.3) is 0 Å². The number of thioether (sulfide) groups is 1. The second-order valence-electron chi connectivity index (χ2n) is 3.96. The number of oxazole rings is 1. The van der Waals surface area contributed by atoms with Gasteiger partial charge < -0.3 is 10.2 Å². The molecule has 0 aromatic carbocycles. The minimum absolute atomic E-state index is 0.723. The first-order valence-corrected chi connectivity index (χ1v) is 6.68. The number of hydrogen-bond acceptors (Lipinski definition) is 4. The maximum Gasteiger partial charge on any atom is 0.195 e. The molecule has 1 aliphatic heterocycles. The first-order valence-electron chi connectivity index (χ1n) is 5.63. The summed E-state index contributed by atoms with van der Waals surface area (Å²) in [6.45, 7) is 0.723. The van der Waals surface area contributed by atoms with E-state index < -0.39 is 0 Å². The lowest BCUT2D eigenvalue weighted by Crippen LogP contribution is -2.03. The Morgan fingerprint density at radius 3 is 3.27 bits per heavy atom. The molecule has 0 spiro atoms. The Morgan fingerprint density at radius 1 is 1.60 bits per heavy atom. The first-order chi connectivity index (χ1) is 7.38. The molecule has 1 atom stereocenters. The van der Waals surface area contributed by atoms with Crippen LogP contribution in [0, 0.1) is 0 Å². The molecule has 15 heavy (non-hydrogen) atoms. The van der Waals surface area contributed by atoms with Gasteiger partial charge in [-0.25, -0.2) is 4.98 Å². The fraction of sp³-hybridized carbons (Fsp3) is 0.727. The molecule has 3 nitrogen and oxygen atoms in total. The van der Waals surface area contributed by atoms with Gasteiger partial charge in [-0.15, -0.1) is 0 Å². The second-order valence-corrected chi connectivity index (χ2v) is 5.37. The summed E-state index contributed by atoms with van der Waals surface area (Å²) in [6.07, 6.45) is 7.36. The van der Waals surface area contributed by atoms with Crippen LogP contribution in [0.3, 0.4) is 0 Å². The lowest BCUT2D eigenvalue weighted by atomic mass is 10.2. The molecule has 1 saturated heterocycles. The highest BCUT2D eigenvalue weighted by atomic mass is 32.2. The lowest BCUT2D eigenvalue weighted by Gasteiger charge is -2.03. The molecule has 0 radical (unpaired) electrons. The summed E-state index contributed by atoms with van der Waals surface area (Å²) in [7, 11) is 0. The van der Waals surface area contributed by atoms with Gasteiger partial charge in [-0.2, -0.15) is 11.8 Å². The molecule has 1 aliphatic rings. The number of nitrogens with zero attached hydrogens (tertiary/aromatic N) is 1. The Labute approximate surface area is 94.8 Å². The number of rotatable bonds is 5. The third kappa shape index (κ3) is 3.24. The van der Waals surface area contributed by atoms with E-state index in [1.54, 1.807) is 6.26 Å². The van der Waals surface area contributed by atoms with Gasteiger partial charge in [-0.1, -0.05) is 0 Å². The third-order valence-electron chi connectivity index (χ3n) is 2.66. The van der Waals surface area contributed by atoms with E-state index in [1.807, 2.05) is 11.8 Å². The summed E-state index contributed by atoms with van der Waals surface area (Å²) >= 11 is 2.04. The summed E-state index contributed by atoms with van der Waals surface area (Å²) in [5.74, 6) is 2.20. The van der Waals surface area contributed by atoms with E-state index in [1.165, 1.54) is 18.6 Å². The molecule has 1 aromatic rings. The zero-order valence-corrected chi connectivity index (χ0v) is 9.76. The second kappa shape index (κ2) is 5.56. The van der Waals surface area contributed by atoms with Gasteiger partial charge in [0.1, 0.15) is 6.26 Å². The molecule has 2 heterocycles. The van der Waals surface area contributed by atoms with Crippen LogP contribution < -0.4 is 5.73 Å². The molecule has 1 aromatic heterocycles. The Kier molecular flexibility index (Phi) is 4.09. The minimum atomic E-state index is 0.723. The van der Waals surface area contributed by atoms with Crippen molar-refractivity contribution in [3.63, 3.8) is 0 Å². The van der Waals surface area contributed by atoms with Crippen molar-refractivity contribution in [1.29, 1.82) is 0 Å². The van der Waals surface area contributed by atoms with Crippen molar-refractivity contribution in [3.8, 4) is 0 Å². The van der Waals surface area contributed by atoms with Gasteiger partial charge in [0.25, 0.3) is 0 Å². The molecule has 84 valence electrons. The Hall–Kier alpha value is -0.480. The van der Waals surface area contributed by atoms with Gasteiger partial charge in [0.2, 0.25) is 0 Å². The quantitative estimate of drug-likeness (QED) is 0.834. The summed E-state index contributed by atoms with van der Waals surface area (Å²) < 4.78 is 5.46. The standard InChI is InChI=1S/C11H18N2OS/c12-5-1-3-9-8-14-11(13-9)7-10-4-2-6-15-10/h8,10H,1-7,12H2. The summed E-state index contributed by atoms with van der Waals surface area (Å²) in [6, 6.07) is 0. The van der Waals surface area contributed by atoms with Crippen LogP contribution in [0.1, 0.15) is 30.8 Å². The molecular weight excluding hydrogens is 208 g/mol. The van der Waals surface area contributed by atoms with Gasteiger partial charge >= 0.3 is 0 Å². The summed E-state index contributed by atoms with van der Waals surface area (Å²) in [5, 5.41) is 0.728. The maximum atomic E-state index is 5.46. The molecule has 0 bridgehead atoms. The molecule has 0 aliphatic carbocycles. The van der Waals surface area contributed by atoms with Crippen LogP contribution in [0.2, 0.25) is 0 Å². The monoisotopic (exact) mass is 226 g/mol. The van der Waals surface area contributed by atoms with Gasteiger partial charge in [-0.3, -0.25) is 0 Å². The lowest BCUT2D eigenvalue weighted by molar-refractivity contribution is 0.488. The van der Waals surface area contributed by atoms with Crippen LogP contribution in [-0.4, -0.2) is 22.5 Å². The van der Waals surface area contributed by atoms with E-state index >= 15 is 0 Å². The predicted octanol–water partition coefficient (Wildman–Crippen LogP) is 2.00. The van der Waals surface area contributed by atoms with E-state index in [2.05, 4.69) is 4.98 Å². The van der Waals surface area contributed by atoms with Gasteiger partial charge in [0.05, 0.1) is 5.69 Å². The van der Waals surface area contributed by atoms with Crippen LogP contribution in [0.15, 0.2) is 10.7 Å². The molecule has 1 unspecified atom stereocenters. The predicted molar refractivity (Wildman–Crippen MR) is 63.1 cm³/mol. The van der Waals surface area contributed by atoms with E-state index in [0.717, 1.165) is 42.6 Å². The van der Waals surface area contributed by atoms with Crippen LogP contribution in [0.5, 0.6) is 0 Å². The molecular formula is C11H18N2OS. The van der Waals surface area contributed by atoms with Crippen LogP contribution >= 0.6 is 11.8 Å². The van der Waals surface area contributed by atoms with E-state index in [9.17, 15) is 0 Å². The largest absolute Gasteiger partial charge is 0.449 e. The van der Waals surface area contributed by atoms with Crippen LogP contribution in [-0.2, 0) is 12.8 Å². The SMILES string of the molecule is NCCCc1coc(CC2CCCS2)n1. The Bertz CT molecular complexity index is 295. The van der Waals surface area contributed by atoms with Crippen molar-refractivity contribution in [2.75, 3.05) is 12.3 Å². The van der Waals surface area contributed by atoms with Crippen LogP contribution in [0.4, 0.5) is 0 Å². The van der Waals surface area contributed by atoms with Gasteiger partial charge in [0, 0.05) is 11.7 Å². The number of nitrogens with two attached hydrogens (primary N) is 1. The smallest absolute Gasteiger partial charge is 0.195 e. The van der Waals surface area contributed by atoms with Gasteiger partial charge in [0.15, 0.2) is 5.89 Å². The molecule has 2 rings (SSSR count). The number of aromatic nitrogens is 1. The zero-order chi connectivity index (χ0) is 10.5. The number of hydrogen-bond donors (Lipinski definition) is 1. The average Bonchev–Trinajstić information content (AvgIpc) is 2.87. The molecule has 0 saturated carbocycles. The fourth-order valence-electron chi connectivity index (χ4n) is 1.84. The fourth-order valence-corrected chi connectivity index (χ4v) is 3.10. The molecule has 4 heteroatoms. The number of aryl methyl sites for hydroxylation is 1. The summed E-state index contributed by atoms with van der Waals surface area (Å²) in [4.78, 5) is 4.48. The Morgan fingerprint density at radius 2 is 2.53 bits per heavy atom. The van der Waals surface area contributed by atoms with Crippen molar-refractivity contribution < 1.29 is 4.42 Å². The summed E-state index contributed by atoms with van der Waals surface area (Å²) in [5.41, 5.74) is 6.51. The van der Waals surface area contributed by atoms with E-state index in [4.69, 9.17) is 10.2 Å². The highest BCUT2D eigenvalue weighted by Crippen LogP contribution is 2.28. The topological polar surface area (TPSA) is 52.0 Å². The van der Waals surface area contributed by atoms with Crippen molar-refractivity contribution in [1.82, 2.24) is 4.98 Å². The average molecular weight is 226 g/mol. The van der Waals surface area contributed by atoms with E-state index in [-0.39, 0.29) is 0 Å². The van der Waals surface area contributed by atoms with Crippen molar-refractivity contribution in [2.45, 2.75) is 37.4 Å². The third-order valence-corrected chi connectivity index (χ3v) is 4.06. The maximum absolute atomic E-state index is 5.46. The van der Waals surface area contributed by atoms with Crippen molar-refractivity contribution in [3.05, 3.63) is 17.8 Å². The minimum Gasteiger partial charge on any atom is -0.449 e.